The zero-order valence-corrected chi connectivity index (χ0v) is 16.6. The van der Waals surface area contributed by atoms with E-state index in [1.807, 2.05) is 30.3 Å². The first-order chi connectivity index (χ1) is 14.0. The lowest BCUT2D eigenvalue weighted by molar-refractivity contribution is -0.132. The molecule has 0 unspecified atom stereocenters. The van der Waals surface area contributed by atoms with Crippen LogP contribution >= 0.6 is 0 Å². The van der Waals surface area contributed by atoms with E-state index in [2.05, 4.69) is 16.6 Å². The molecular weight excluding hydrogens is 396 g/mol. The van der Waals surface area contributed by atoms with Gasteiger partial charge in [-0.15, -0.1) is 5.92 Å². The van der Waals surface area contributed by atoms with Gasteiger partial charge in [0.2, 0.25) is 10.0 Å². The van der Waals surface area contributed by atoms with Crippen LogP contribution in [-0.2, 0) is 26.2 Å². The van der Waals surface area contributed by atoms with Gasteiger partial charge in [-0.05, 0) is 36.8 Å². The van der Waals surface area contributed by atoms with Crippen molar-refractivity contribution in [1.82, 2.24) is 10.2 Å². The average molecular weight is 418 g/mol. The topological polar surface area (TPSA) is 114 Å². The highest BCUT2D eigenvalue weighted by Crippen LogP contribution is 2.16. The zero-order valence-electron chi connectivity index (χ0n) is 15.8. The molecular formula is C20H22N2O6S. The summed E-state index contributed by atoms with van der Waals surface area (Å²) in [4.78, 5) is 11.8. The Bertz CT molecular complexity index is 950. The van der Waals surface area contributed by atoms with Gasteiger partial charge in [0.05, 0.1) is 18.1 Å². The first-order valence-corrected chi connectivity index (χ1v) is 10.1. The molecule has 0 aliphatic carbocycles. The normalized spacial score (nSPS) is 11.8. The second-order valence-corrected chi connectivity index (χ2v) is 7.55. The summed E-state index contributed by atoms with van der Waals surface area (Å²) in [6.07, 6.45) is 0. The van der Waals surface area contributed by atoms with Crippen LogP contribution in [0.4, 0.5) is 0 Å². The van der Waals surface area contributed by atoms with Crippen LogP contribution in [0.25, 0.3) is 0 Å². The summed E-state index contributed by atoms with van der Waals surface area (Å²) in [6.45, 7) is 1.80. The van der Waals surface area contributed by atoms with Crippen molar-refractivity contribution in [2.24, 2.45) is 0 Å². The summed E-state index contributed by atoms with van der Waals surface area (Å²) in [5.74, 6) is 4.95. The highest BCUT2D eigenvalue weighted by molar-refractivity contribution is 7.89. The molecule has 8 nitrogen and oxygen atoms in total. The summed E-state index contributed by atoms with van der Waals surface area (Å²) < 4.78 is 38.2. The minimum atomic E-state index is -4.04. The number of carbonyl (C=O) groups is 1. The fourth-order valence-electron chi connectivity index (χ4n) is 2.27. The van der Waals surface area contributed by atoms with Gasteiger partial charge in [0.25, 0.3) is 5.91 Å². The zero-order chi connectivity index (χ0) is 21.1. The van der Waals surface area contributed by atoms with E-state index in [1.165, 1.54) is 29.7 Å². The number of hydroxylamine groups is 1. The summed E-state index contributed by atoms with van der Waals surface area (Å²) in [7, 11) is -4.04. The van der Waals surface area contributed by atoms with Crippen LogP contribution in [-0.4, -0.2) is 38.8 Å². The monoisotopic (exact) mass is 418 g/mol. The first kappa shape index (κ1) is 22.4. The van der Waals surface area contributed by atoms with Gasteiger partial charge in [-0.3, -0.25) is 10.0 Å². The van der Waals surface area contributed by atoms with Crippen molar-refractivity contribution in [3.63, 3.8) is 0 Å². The number of benzene rings is 2. The Labute approximate surface area is 169 Å². The quantitative estimate of drug-likeness (QED) is 0.306. The number of carbonyl (C=O) groups excluding carboxylic acids is 1. The standard InChI is InChI=1S/C20H22N2O6S/c1-2-3-13-28-17-9-11-18(12-10-17)29(25,26)22-19(20(23)21-24)15-27-14-16-7-5-4-6-8-16/h4-12,19,22,24H,13-15H2,1H3,(H,21,23)/t19-/m1/s1. The van der Waals surface area contributed by atoms with E-state index >= 15 is 0 Å². The Morgan fingerprint density at radius 1 is 1.14 bits per heavy atom. The fraction of sp³-hybridized carbons (Fsp3) is 0.250. The molecule has 0 bridgehead atoms. The molecule has 0 radical (unpaired) electrons. The Morgan fingerprint density at radius 3 is 2.45 bits per heavy atom. The summed E-state index contributed by atoms with van der Waals surface area (Å²) in [6, 6.07) is 13.5. The van der Waals surface area contributed by atoms with Gasteiger partial charge in [-0.2, -0.15) is 4.72 Å². The van der Waals surface area contributed by atoms with E-state index in [1.54, 1.807) is 6.92 Å². The van der Waals surface area contributed by atoms with Crippen LogP contribution in [0.1, 0.15) is 12.5 Å². The van der Waals surface area contributed by atoms with E-state index in [0.29, 0.717) is 5.75 Å². The predicted molar refractivity (Wildman–Crippen MR) is 106 cm³/mol. The minimum absolute atomic E-state index is 0.0646. The number of hydrogen-bond acceptors (Lipinski definition) is 6. The molecule has 0 aliphatic heterocycles. The highest BCUT2D eigenvalue weighted by Gasteiger charge is 2.26. The molecule has 2 aromatic carbocycles. The highest BCUT2D eigenvalue weighted by atomic mass is 32.2. The van der Waals surface area contributed by atoms with Crippen LogP contribution in [0.2, 0.25) is 0 Å². The molecule has 0 saturated heterocycles. The number of rotatable bonds is 10. The maximum absolute atomic E-state index is 12.6. The van der Waals surface area contributed by atoms with Gasteiger partial charge in [0.15, 0.2) is 0 Å². The number of ether oxygens (including phenoxy) is 2. The summed E-state index contributed by atoms with van der Waals surface area (Å²) in [5, 5.41) is 8.91. The van der Waals surface area contributed by atoms with E-state index in [0.717, 1.165) is 5.56 Å². The lowest BCUT2D eigenvalue weighted by Gasteiger charge is -2.17. The molecule has 0 aliphatic rings. The van der Waals surface area contributed by atoms with Gasteiger partial charge in [-0.1, -0.05) is 36.3 Å². The molecule has 154 valence electrons. The predicted octanol–water partition coefficient (Wildman–Crippen LogP) is 1.46. The molecule has 0 fully saturated rings. The van der Waals surface area contributed by atoms with Gasteiger partial charge < -0.3 is 9.47 Å². The molecule has 1 amide bonds. The van der Waals surface area contributed by atoms with Gasteiger partial charge in [0.1, 0.15) is 18.4 Å². The molecule has 0 saturated carbocycles. The van der Waals surface area contributed by atoms with Crippen molar-refractivity contribution < 1.29 is 27.9 Å². The third-order valence-electron chi connectivity index (χ3n) is 3.74. The lowest BCUT2D eigenvalue weighted by Crippen LogP contribution is -2.48. The van der Waals surface area contributed by atoms with E-state index < -0.39 is 22.0 Å². The van der Waals surface area contributed by atoms with E-state index in [4.69, 9.17) is 14.7 Å². The molecule has 2 aromatic rings. The second-order valence-electron chi connectivity index (χ2n) is 5.84. The van der Waals surface area contributed by atoms with Crippen LogP contribution in [0.3, 0.4) is 0 Å². The number of sulfonamides is 1. The second kappa shape index (κ2) is 11.2. The molecule has 3 N–H and O–H groups in total. The third-order valence-corrected chi connectivity index (χ3v) is 5.23. The van der Waals surface area contributed by atoms with E-state index in [-0.39, 0.29) is 24.7 Å². The van der Waals surface area contributed by atoms with Gasteiger partial charge in [-0.25, -0.2) is 13.9 Å². The Kier molecular flexibility index (Phi) is 8.64. The van der Waals surface area contributed by atoms with Crippen LogP contribution in [0, 0.1) is 11.8 Å². The van der Waals surface area contributed by atoms with Crippen molar-refractivity contribution in [1.29, 1.82) is 0 Å². The summed E-state index contributed by atoms with van der Waals surface area (Å²) in [5.41, 5.74) is 2.31. The lowest BCUT2D eigenvalue weighted by atomic mass is 10.2. The maximum Gasteiger partial charge on any atom is 0.263 e. The van der Waals surface area contributed by atoms with Gasteiger partial charge in [0, 0.05) is 0 Å². The van der Waals surface area contributed by atoms with Crippen LogP contribution in [0.15, 0.2) is 59.5 Å². The molecule has 0 spiro atoms. The molecule has 9 heteroatoms. The Hall–Kier alpha value is -2.90. The molecule has 0 aromatic heterocycles. The molecule has 29 heavy (non-hydrogen) atoms. The maximum atomic E-state index is 12.6. The average Bonchev–Trinajstić information content (AvgIpc) is 2.73. The first-order valence-electron chi connectivity index (χ1n) is 8.66. The van der Waals surface area contributed by atoms with Gasteiger partial charge >= 0.3 is 0 Å². The smallest absolute Gasteiger partial charge is 0.263 e. The van der Waals surface area contributed by atoms with Crippen LogP contribution in [0.5, 0.6) is 5.75 Å². The molecule has 1 atom stereocenters. The third kappa shape index (κ3) is 7.21. The van der Waals surface area contributed by atoms with E-state index in [9.17, 15) is 13.2 Å². The van der Waals surface area contributed by atoms with Crippen molar-refractivity contribution in [2.45, 2.75) is 24.5 Å². The molecule has 2 rings (SSSR count). The van der Waals surface area contributed by atoms with Crippen molar-refractivity contribution in [3.05, 3.63) is 60.2 Å². The number of hydrogen-bond donors (Lipinski definition) is 3. The fourth-order valence-corrected chi connectivity index (χ4v) is 3.45. The largest absolute Gasteiger partial charge is 0.481 e. The Balaban J connectivity index is 2.02. The summed E-state index contributed by atoms with van der Waals surface area (Å²) >= 11 is 0. The minimum Gasteiger partial charge on any atom is -0.481 e. The van der Waals surface area contributed by atoms with Crippen molar-refractivity contribution >= 4 is 15.9 Å². The van der Waals surface area contributed by atoms with Crippen molar-refractivity contribution in [3.8, 4) is 17.6 Å². The molecule has 0 heterocycles. The van der Waals surface area contributed by atoms with Crippen molar-refractivity contribution in [2.75, 3.05) is 13.2 Å². The Morgan fingerprint density at radius 2 is 1.83 bits per heavy atom. The SMILES string of the molecule is CC#CCOc1ccc(S(=O)(=O)N[C@H](COCc2ccccc2)C(=O)NO)cc1. The van der Waals surface area contributed by atoms with Crippen LogP contribution < -0.4 is 14.9 Å². The number of nitrogens with one attached hydrogen (secondary N) is 2. The number of amides is 1.